The van der Waals surface area contributed by atoms with Gasteiger partial charge in [-0.2, -0.15) is 0 Å². The van der Waals surface area contributed by atoms with Crippen molar-refractivity contribution in [3.05, 3.63) is 52.3 Å². The predicted octanol–water partition coefficient (Wildman–Crippen LogP) is 4.84. The number of amidine groups is 1. The number of rotatable bonds is 5. The number of thioether (sulfide) groups is 1. The first kappa shape index (κ1) is 18.6. The van der Waals surface area contributed by atoms with Gasteiger partial charge in [-0.05, 0) is 52.7 Å². The second-order valence-corrected chi connectivity index (χ2v) is 8.86. The van der Waals surface area contributed by atoms with E-state index in [2.05, 4.69) is 50.9 Å². The molecule has 1 saturated heterocycles. The smallest absolute Gasteiger partial charge is 0.175 e. The number of benzene rings is 1. The van der Waals surface area contributed by atoms with Crippen LogP contribution in [0.25, 0.3) is 0 Å². The van der Waals surface area contributed by atoms with Gasteiger partial charge in [-0.15, -0.1) is 0 Å². The molecule has 2 aliphatic rings. The molecule has 142 valence electrons. The molecule has 3 atom stereocenters. The van der Waals surface area contributed by atoms with Gasteiger partial charge in [0.25, 0.3) is 0 Å². The molecule has 4 rings (SSSR count). The molecule has 2 aromatic rings. The zero-order valence-corrected chi connectivity index (χ0v) is 18.0. The number of aliphatic imine (C=N–C) groups is 1. The molecule has 0 bridgehead atoms. The summed E-state index contributed by atoms with van der Waals surface area (Å²) in [7, 11) is 1.68. The summed E-state index contributed by atoms with van der Waals surface area (Å²) in [5.74, 6) is 1.47. The predicted molar refractivity (Wildman–Crippen MR) is 113 cm³/mol. The summed E-state index contributed by atoms with van der Waals surface area (Å²) < 4.78 is 12.3. The number of hydrogen-bond donors (Lipinski definition) is 0. The topological polar surface area (TPSA) is 47.0 Å². The van der Waals surface area contributed by atoms with Crippen molar-refractivity contribution < 1.29 is 9.47 Å². The van der Waals surface area contributed by atoms with Crippen molar-refractivity contribution in [1.29, 1.82) is 0 Å². The fourth-order valence-corrected chi connectivity index (χ4v) is 5.34. The van der Waals surface area contributed by atoms with Gasteiger partial charge in [0.05, 0.1) is 29.9 Å². The molecule has 1 fully saturated rings. The van der Waals surface area contributed by atoms with Gasteiger partial charge >= 0.3 is 0 Å². The number of fused-ring (bicyclic) bond motifs is 1. The molecule has 3 heterocycles. The van der Waals surface area contributed by atoms with Crippen molar-refractivity contribution in [3.8, 4) is 11.5 Å². The van der Waals surface area contributed by atoms with Crippen molar-refractivity contribution in [1.82, 2.24) is 9.88 Å². The van der Waals surface area contributed by atoms with Crippen molar-refractivity contribution >= 4 is 32.9 Å². The third kappa shape index (κ3) is 3.43. The number of hydrogen-bond acceptors (Lipinski definition) is 6. The second-order valence-electron chi connectivity index (χ2n) is 6.60. The molecule has 2 aliphatic heterocycles. The number of pyridine rings is 1. The quantitative estimate of drug-likeness (QED) is 0.655. The van der Waals surface area contributed by atoms with Crippen LogP contribution in [0.3, 0.4) is 0 Å². The third-order valence-corrected chi connectivity index (χ3v) is 6.45. The summed E-state index contributed by atoms with van der Waals surface area (Å²) >= 11 is 5.50. The first-order chi connectivity index (χ1) is 13.1. The Hall–Kier alpha value is -1.73. The fraction of sp³-hybridized carbons (Fsp3) is 0.400. The van der Waals surface area contributed by atoms with Crippen LogP contribution in [0.15, 0.2) is 46.0 Å². The lowest BCUT2D eigenvalue weighted by molar-refractivity contribution is 0.302. The van der Waals surface area contributed by atoms with Crippen LogP contribution < -0.4 is 9.47 Å². The van der Waals surface area contributed by atoms with E-state index in [9.17, 15) is 0 Å². The third-order valence-electron chi connectivity index (χ3n) is 4.76. The van der Waals surface area contributed by atoms with Gasteiger partial charge in [0.2, 0.25) is 0 Å². The number of methoxy groups -OCH3 is 1. The molecule has 0 spiro atoms. The van der Waals surface area contributed by atoms with E-state index in [4.69, 9.17) is 14.5 Å². The van der Waals surface area contributed by atoms with E-state index < -0.39 is 0 Å². The van der Waals surface area contributed by atoms with E-state index in [0.29, 0.717) is 11.9 Å². The molecule has 5 nitrogen and oxygen atoms in total. The van der Waals surface area contributed by atoms with Gasteiger partial charge < -0.3 is 14.4 Å². The van der Waals surface area contributed by atoms with Gasteiger partial charge in [0.1, 0.15) is 6.04 Å². The number of halogens is 1. The van der Waals surface area contributed by atoms with Crippen LogP contribution in [0.4, 0.5) is 0 Å². The SMILES string of the molecule is CCOc1c(Br)cc([C@@H]2[C@H](c3ccccn3)N=C3S[C@H](C)CN32)cc1OC. The van der Waals surface area contributed by atoms with E-state index in [-0.39, 0.29) is 12.1 Å². The van der Waals surface area contributed by atoms with E-state index in [1.165, 1.54) is 0 Å². The van der Waals surface area contributed by atoms with Gasteiger partial charge in [0.15, 0.2) is 16.7 Å². The van der Waals surface area contributed by atoms with E-state index in [1.807, 2.05) is 37.0 Å². The first-order valence-electron chi connectivity index (χ1n) is 9.04. The number of aromatic nitrogens is 1. The Morgan fingerprint density at radius 3 is 2.89 bits per heavy atom. The monoisotopic (exact) mass is 447 g/mol. The molecule has 1 aromatic carbocycles. The lowest BCUT2D eigenvalue weighted by Crippen LogP contribution is -2.28. The van der Waals surface area contributed by atoms with Crippen LogP contribution in [0.5, 0.6) is 11.5 Å². The van der Waals surface area contributed by atoms with Crippen molar-refractivity contribution in [2.24, 2.45) is 4.99 Å². The maximum absolute atomic E-state index is 5.76. The molecule has 0 saturated carbocycles. The Bertz CT molecular complexity index is 862. The number of ether oxygens (including phenoxy) is 2. The summed E-state index contributed by atoms with van der Waals surface area (Å²) in [6, 6.07) is 10.3. The highest BCUT2D eigenvalue weighted by Crippen LogP contribution is 2.49. The standard InChI is InChI=1S/C20H22BrN3O2S/c1-4-26-19-14(21)9-13(10-16(19)25-3)18-17(15-7-5-6-8-22-15)23-20-24(18)11-12(2)27-20/h5-10,12,17-18H,4,11H2,1-3H3/t12-,17+,18-/m1/s1. The molecule has 0 N–H and O–H groups in total. The lowest BCUT2D eigenvalue weighted by atomic mass is 9.96. The minimum atomic E-state index is -0.0317. The molecule has 7 heteroatoms. The summed E-state index contributed by atoms with van der Waals surface area (Å²) in [4.78, 5) is 12.0. The Balaban J connectivity index is 1.79. The normalized spacial score (nSPS) is 23.9. The Morgan fingerprint density at radius 1 is 1.33 bits per heavy atom. The zero-order valence-electron chi connectivity index (χ0n) is 15.6. The summed E-state index contributed by atoms with van der Waals surface area (Å²) in [6.07, 6.45) is 1.83. The summed E-state index contributed by atoms with van der Waals surface area (Å²) in [5, 5.41) is 1.64. The van der Waals surface area contributed by atoms with Crippen LogP contribution in [-0.4, -0.2) is 40.6 Å². The highest BCUT2D eigenvalue weighted by atomic mass is 79.9. The number of nitrogens with zero attached hydrogens (tertiary/aromatic N) is 3. The van der Waals surface area contributed by atoms with E-state index in [1.54, 1.807) is 7.11 Å². The molecule has 0 amide bonds. The van der Waals surface area contributed by atoms with Crippen LogP contribution >= 0.6 is 27.7 Å². The Labute approximate surface area is 172 Å². The maximum atomic E-state index is 5.76. The molecular formula is C20H22BrN3O2S. The van der Waals surface area contributed by atoms with Crippen molar-refractivity contribution in [2.45, 2.75) is 31.2 Å². The second kappa shape index (κ2) is 7.72. The highest BCUT2D eigenvalue weighted by molar-refractivity contribution is 9.10. The first-order valence-corrected chi connectivity index (χ1v) is 10.7. The molecule has 27 heavy (non-hydrogen) atoms. The minimum Gasteiger partial charge on any atom is -0.493 e. The molecule has 1 aromatic heterocycles. The lowest BCUT2D eigenvalue weighted by Gasteiger charge is -2.28. The van der Waals surface area contributed by atoms with Gasteiger partial charge in [0, 0.05) is 18.0 Å². The largest absolute Gasteiger partial charge is 0.493 e. The zero-order chi connectivity index (χ0) is 19.0. The average Bonchev–Trinajstić information content (AvgIpc) is 3.20. The van der Waals surface area contributed by atoms with Gasteiger partial charge in [-0.3, -0.25) is 9.98 Å². The summed E-state index contributed by atoms with van der Waals surface area (Å²) in [6.45, 7) is 5.77. The molecule has 0 unspecified atom stereocenters. The van der Waals surface area contributed by atoms with Gasteiger partial charge in [-0.1, -0.05) is 24.8 Å². The van der Waals surface area contributed by atoms with Crippen LogP contribution in [-0.2, 0) is 0 Å². The minimum absolute atomic E-state index is 0.0317. The molecule has 0 radical (unpaired) electrons. The van der Waals surface area contributed by atoms with Crippen LogP contribution in [0, 0.1) is 0 Å². The van der Waals surface area contributed by atoms with E-state index >= 15 is 0 Å². The molecular weight excluding hydrogens is 426 g/mol. The maximum Gasteiger partial charge on any atom is 0.175 e. The molecule has 0 aliphatic carbocycles. The van der Waals surface area contributed by atoms with E-state index in [0.717, 1.165) is 38.9 Å². The van der Waals surface area contributed by atoms with Crippen molar-refractivity contribution in [3.63, 3.8) is 0 Å². The fourth-order valence-electron chi connectivity index (χ4n) is 3.67. The summed E-state index contributed by atoms with van der Waals surface area (Å²) in [5.41, 5.74) is 2.13. The van der Waals surface area contributed by atoms with Crippen molar-refractivity contribution in [2.75, 3.05) is 20.3 Å². The Morgan fingerprint density at radius 2 is 2.19 bits per heavy atom. The highest BCUT2D eigenvalue weighted by Gasteiger charge is 2.43. The van der Waals surface area contributed by atoms with Gasteiger partial charge in [-0.25, -0.2) is 0 Å². The van der Waals surface area contributed by atoms with Crippen LogP contribution in [0.2, 0.25) is 0 Å². The average molecular weight is 448 g/mol. The Kier molecular flexibility index (Phi) is 5.32. The van der Waals surface area contributed by atoms with Crippen LogP contribution in [0.1, 0.15) is 37.2 Å².